The second-order valence-electron chi connectivity index (χ2n) is 9.13. The number of amides is 1. The molecule has 1 aromatic carbocycles. The lowest BCUT2D eigenvalue weighted by Gasteiger charge is -2.16. The first-order valence-corrected chi connectivity index (χ1v) is 11.4. The second-order valence-corrected chi connectivity index (χ2v) is 9.13. The summed E-state index contributed by atoms with van der Waals surface area (Å²) in [7, 11) is 0. The van der Waals surface area contributed by atoms with Crippen LogP contribution >= 0.6 is 0 Å². The molecule has 1 aliphatic heterocycles. The summed E-state index contributed by atoms with van der Waals surface area (Å²) in [6, 6.07) is 9.20. The van der Waals surface area contributed by atoms with Crippen LogP contribution in [0.4, 0.5) is 4.39 Å². The minimum atomic E-state index is -0.145. The number of hydrogen-bond acceptors (Lipinski definition) is 4. The van der Waals surface area contributed by atoms with Crippen LogP contribution in [0.25, 0.3) is 5.65 Å². The third-order valence-electron chi connectivity index (χ3n) is 6.28. The van der Waals surface area contributed by atoms with E-state index in [4.69, 9.17) is 10.1 Å². The van der Waals surface area contributed by atoms with Gasteiger partial charge in [-0.3, -0.25) is 9.69 Å². The molecular weight excluding hydrogens is 405 g/mol. The van der Waals surface area contributed by atoms with Gasteiger partial charge in [0.2, 0.25) is 5.91 Å². The van der Waals surface area contributed by atoms with E-state index in [2.05, 4.69) is 16.3 Å². The van der Waals surface area contributed by atoms with E-state index >= 15 is 0 Å². The highest BCUT2D eigenvalue weighted by Gasteiger charge is 2.27. The predicted molar refractivity (Wildman–Crippen MR) is 123 cm³/mol. The lowest BCUT2D eigenvalue weighted by atomic mass is 10.1. The molecule has 170 valence electrons. The Bertz CT molecular complexity index is 1120. The van der Waals surface area contributed by atoms with Crippen molar-refractivity contribution in [1.29, 1.82) is 0 Å². The molecule has 2 aromatic heterocycles. The van der Waals surface area contributed by atoms with Gasteiger partial charge in [-0.15, -0.1) is 0 Å². The van der Waals surface area contributed by atoms with E-state index in [-0.39, 0.29) is 17.8 Å². The molecule has 4 rings (SSSR count). The summed E-state index contributed by atoms with van der Waals surface area (Å²) >= 11 is 0. The van der Waals surface area contributed by atoms with Crippen molar-refractivity contribution in [3.63, 3.8) is 0 Å². The summed E-state index contributed by atoms with van der Waals surface area (Å²) in [6.07, 6.45) is 2.08. The van der Waals surface area contributed by atoms with E-state index in [9.17, 15) is 9.18 Å². The summed E-state index contributed by atoms with van der Waals surface area (Å²) in [4.78, 5) is 19.2. The number of rotatable bonds is 7. The molecule has 32 heavy (non-hydrogen) atoms. The maximum absolute atomic E-state index is 14.0. The first-order chi connectivity index (χ1) is 15.3. The highest BCUT2D eigenvalue weighted by atomic mass is 19.1. The van der Waals surface area contributed by atoms with Gasteiger partial charge >= 0.3 is 0 Å². The van der Waals surface area contributed by atoms with Gasteiger partial charge < -0.3 is 5.32 Å². The molecule has 0 bridgehead atoms. The largest absolute Gasteiger partial charge is 0.354 e. The fourth-order valence-electron chi connectivity index (χ4n) is 4.62. The van der Waals surface area contributed by atoms with Gasteiger partial charge in [-0.25, -0.2) is 13.9 Å². The van der Waals surface area contributed by atoms with Gasteiger partial charge in [0, 0.05) is 54.5 Å². The normalized spacial score (nSPS) is 16.9. The SMILES string of the molecule is Cc1nc2cc(C3CCN(Cc4ccccc4F)C3)nn2c(C)c1CCC(=O)NC(C)C. The minimum absolute atomic E-state index is 0.0564. The van der Waals surface area contributed by atoms with Crippen molar-refractivity contribution in [2.24, 2.45) is 0 Å². The highest BCUT2D eigenvalue weighted by Crippen LogP contribution is 2.29. The Balaban J connectivity index is 1.48. The molecule has 3 aromatic rings. The number of benzene rings is 1. The van der Waals surface area contributed by atoms with E-state index in [0.717, 1.165) is 53.4 Å². The third kappa shape index (κ3) is 4.83. The molecule has 0 spiro atoms. The Hall–Kier alpha value is -2.80. The van der Waals surface area contributed by atoms with Crippen molar-refractivity contribution in [3.8, 4) is 0 Å². The second kappa shape index (κ2) is 9.36. The molecule has 1 atom stereocenters. The Kier molecular flexibility index (Phi) is 6.55. The van der Waals surface area contributed by atoms with Gasteiger partial charge in [0.05, 0.1) is 5.69 Å². The molecule has 1 unspecified atom stereocenters. The van der Waals surface area contributed by atoms with Crippen molar-refractivity contribution in [2.45, 2.75) is 65.5 Å². The number of aryl methyl sites for hydroxylation is 2. The molecule has 0 radical (unpaired) electrons. The number of halogens is 1. The minimum Gasteiger partial charge on any atom is -0.354 e. The van der Waals surface area contributed by atoms with Crippen LogP contribution in [0.15, 0.2) is 30.3 Å². The molecular formula is C25H32FN5O. The van der Waals surface area contributed by atoms with Crippen LogP contribution in [0.1, 0.15) is 60.8 Å². The fraction of sp³-hybridized carbons (Fsp3) is 0.480. The predicted octanol–water partition coefficient (Wildman–Crippen LogP) is 3.93. The Morgan fingerprint density at radius 3 is 2.81 bits per heavy atom. The van der Waals surface area contributed by atoms with Gasteiger partial charge in [0.25, 0.3) is 0 Å². The van der Waals surface area contributed by atoms with Crippen molar-refractivity contribution in [1.82, 2.24) is 24.8 Å². The molecule has 1 aliphatic rings. The van der Waals surface area contributed by atoms with E-state index < -0.39 is 0 Å². The van der Waals surface area contributed by atoms with Gasteiger partial charge in [-0.05, 0) is 58.7 Å². The van der Waals surface area contributed by atoms with Gasteiger partial charge in [-0.1, -0.05) is 18.2 Å². The average Bonchev–Trinajstić information content (AvgIpc) is 3.36. The van der Waals surface area contributed by atoms with E-state index in [1.165, 1.54) is 6.07 Å². The summed E-state index contributed by atoms with van der Waals surface area (Å²) < 4.78 is 15.9. The van der Waals surface area contributed by atoms with Crippen molar-refractivity contribution >= 4 is 11.6 Å². The fourth-order valence-corrected chi connectivity index (χ4v) is 4.62. The highest BCUT2D eigenvalue weighted by molar-refractivity contribution is 5.76. The van der Waals surface area contributed by atoms with Crippen LogP contribution in [0, 0.1) is 19.7 Å². The van der Waals surface area contributed by atoms with Crippen molar-refractivity contribution in [2.75, 3.05) is 13.1 Å². The van der Waals surface area contributed by atoms with Crippen LogP contribution in [0.5, 0.6) is 0 Å². The number of nitrogens with zero attached hydrogens (tertiary/aromatic N) is 4. The van der Waals surface area contributed by atoms with Gasteiger partial charge in [0.15, 0.2) is 5.65 Å². The molecule has 1 saturated heterocycles. The summed E-state index contributed by atoms with van der Waals surface area (Å²) in [5, 5.41) is 7.83. The first kappa shape index (κ1) is 22.4. The zero-order chi connectivity index (χ0) is 22.8. The Morgan fingerprint density at radius 2 is 2.06 bits per heavy atom. The molecule has 0 saturated carbocycles. The summed E-state index contributed by atoms with van der Waals surface area (Å²) in [6.45, 7) is 10.4. The maximum atomic E-state index is 14.0. The van der Waals surface area contributed by atoms with Crippen molar-refractivity contribution in [3.05, 3.63) is 64.4 Å². The molecule has 1 N–H and O–H groups in total. The lowest BCUT2D eigenvalue weighted by Crippen LogP contribution is -2.30. The van der Waals surface area contributed by atoms with Crippen LogP contribution < -0.4 is 5.32 Å². The Morgan fingerprint density at radius 1 is 1.28 bits per heavy atom. The standard InChI is InChI=1S/C25H32FN5O/c1-16(2)27-25(32)10-9-21-17(3)28-24-13-23(29-31(24)18(21)4)20-11-12-30(15-20)14-19-7-5-6-8-22(19)26/h5-8,13,16,20H,9-12,14-15H2,1-4H3,(H,27,32). The average molecular weight is 438 g/mol. The number of likely N-dealkylation sites (tertiary alicyclic amines) is 1. The number of aromatic nitrogens is 3. The van der Waals surface area contributed by atoms with Crippen LogP contribution in [-0.2, 0) is 17.8 Å². The van der Waals surface area contributed by atoms with E-state index in [0.29, 0.717) is 25.3 Å². The van der Waals surface area contributed by atoms with E-state index in [1.54, 1.807) is 6.07 Å². The number of carbonyl (C=O) groups excluding carboxylic acids is 1. The number of fused-ring (bicyclic) bond motifs is 1. The lowest BCUT2D eigenvalue weighted by molar-refractivity contribution is -0.121. The zero-order valence-corrected chi connectivity index (χ0v) is 19.4. The Labute approximate surface area is 188 Å². The molecule has 7 heteroatoms. The smallest absolute Gasteiger partial charge is 0.220 e. The monoisotopic (exact) mass is 437 g/mol. The van der Waals surface area contributed by atoms with Crippen LogP contribution in [-0.4, -0.2) is 44.5 Å². The first-order valence-electron chi connectivity index (χ1n) is 11.4. The van der Waals surface area contributed by atoms with Crippen molar-refractivity contribution < 1.29 is 9.18 Å². The number of hydrogen-bond donors (Lipinski definition) is 1. The number of nitrogens with one attached hydrogen (secondary N) is 1. The summed E-state index contributed by atoms with van der Waals surface area (Å²) in [5.41, 5.74) is 5.69. The van der Waals surface area contributed by atoms with Crippen LogP contribution in [0.2, 0.25) is 0 Å². The van der Waals surface area contributed by atoms with Gasteiger partial charge in [0.1, 0.15) is 5.82 Å². The molecule has 0 aliphatic carbocycles. The topological polar surface area (TPSA) is 62.5 Å². The number of carbonyl (C=O) groups is 1. The molecule has 3 heterocycles. The quantitative estimate of drug-likeness (QED) is 0.608. The molecule has 6 nitrogen and oxygen atoms in total. The zero-order valence-electron chi connectivity index (χ0n) is 19.4. The van der Waals surface area contributed by atoms with Crippen LogP contribution in [0.3, 0.4) is 0 Å². The molecule has 1 fully saturated rings. The van der Waals surface area contributed by atoms with Gasteiger partial charge in [-0.2, -0.15) is 5.10 Å². The maximum Gasteiger partial charge on any atom is 0.220 e. The molecule has 1 amide bonds. The third-order valence-corrected chi connectivity index (χ3v) is 6.28. The van der Waals surface area contributed by atoms with E-state index in [1.807, 2.05) is 44.3 Å². The summed E-state index contributed by atoms with van der Waals surface area (Å²) in [5.74, 6) is 0.220.